The Kier molecular flexibility index (Phi) is 5.04. The van der Waals surface area contributed by atoms with Crippen LogP contribution >= 0.6 is 11.6 Å². The van der Waals surface area contributed by atoms with Crippen LogP contribution in [0, 0.1) is 11.7 Å². The van der Waals surface area contributed by atoms with Gasteiger partial charge in [-0.1, -0.05) is 43.6 Å². The standard InChI is InChI=1S/C19H17ClFN3O2/c1-11(2)10-24-19(26)14-6-4-3-5-13(14)17(23-24)18(25)22-16-9-12(20)7-8-15(16)21/h3-9,11H,10H2,1-2H3,(H,22,25). The normalized spacial score (nSPS) is 11.1. The smallest absolute Gasteiger partial charge is 0.276 e. The predicted molar refractivity (Wildman–Crippen MR) is 100 cm³/mol. The summed E-state index contributed by atoms with van der Waals surface area (Å²) in [5.74, 6) is -1.05. The van der Waals surface area contributed by atoms with Crippen molar-refractivity contribution in [2.45, 2.75) is 20.4 Å². The fourth-order valence-corrected chi connectivity index (χ4v) is 2.82. The number of nitrogens with one attached hydrogen (secondary N) is 1. The zero-order chi connectivity index (χ0) is 18.8. The van der Waals surface area contributed by atoms with Gasteiger partial charge in [-0.2, -0.15) is 5.10 Å². The van der Waals surface area contributed by atoms with Crippen molar-refractivity contribution in [2.75, 3.05) is 5.32 Å². The molecule has 0 aliphatic heterocycles. The quantitative estimate of drug-likeness (QED) is 0.748. The summed E-state index contributed by atoms with van der Waals surface area (Å²) in [6.07, 6.45) is 0. The molecular formula is C19H17ClFN3O2. The highest BCUT2D eigenvalue weighted by Crippen LogP contribution is 2.21. The lowest BCUT2D eigenvalue weighted by Gasteiger charge is -2.13. The summed E-state index contributed by atoms with van der Waals surface area (Å²) in [7, 11) is 0. The molecule has 1 N–H and O–H groups in total. The van der Waals surface area contributed by atoms with Crippen molar-refractivity contribution in [3.63, 3.8) is 0 Å². The third-order valence-corrected chi connectivity index (χ3v) is 4.03. The van der Waals surface area contributed by atoms with Gasteiger partial charge in [0.1, 0.15) is 5.82 Å². The van der Waals surface area contributed by atoms with Gasteiger partial charge in [-0.15, -0.1) is 0 Å². The predicted octanol–water partition coefficient (Wildman–Crippen LogP) is 4.10. The van der Waals surface area contributed by atoms with Gasteiger partial charge in [0.25, 0.3) is 11.5 Å². The molecule has 3 aromatic rings. The van der Waals surface area contributed by atoms with Crippen LogP contribution in [0.4, 0.5) is 10.1 Å². The molecule has 0 fully saturated rings. The SMILES string of the molecule is CC(C)Cn1nc(C(=O)Nc2cc(Cl)ccc2F)c2ccccc2c1=O. The van der Waals surface area contributed by atoms with Crippen molar-refractivity contribution in [3.8, 4) is 0 Å². The summed E-state index contributed by atoms with van der Waals surface area (Å²) in [5.41, 5.74) is -0.255. The molecule has 1 amide bonds. The minimum atomic E-state index is -0.611. The van der Waals surface area contributed by atoms with E-state index in [0.717, 1.165) is 0 Å². The summed E-state index contributed by atoms with van der Waals surface area (Å²) >= 11 is 5.87. The number of amides is 1. The van der Waals surface area contributed by atoms with Gasteiger partial charge < -0.3 is 5.32 Å². The van der Waals surface area contributed by atoms with Gasteiger partial charge >= 0.3 is 0 Å². The first-order valence-corrected chi connectivity index (χ1v) is 8.51. The second-order valence-corrected chi connectivity index (χ2v) is 6.79. The van der Waals surface area contributed by atoms with Crippen LogP contribution in [-0.2, 0) is 6.54 Å². The average molecular weight is 374 g/mol. The molecule has 3 rings (SSSR count). The van der Waals surface area contributed by atoms with E-state index in [1.807, 2.05) is 13.8 Å². The summed E-state index contributed by atoms with van der Waals surface area (Å²) in [6, 6.07) is 10.6. The molecule has 5 nitrogen and oxygen atoms in total. The van der Waals surface area contributed by atoms with Crippen molar-refractivity contribution in [2.24, 2.45) is 5.92 Å². The van der Waals surface area contributed by atoms with Gasteiger partial charge in [0.2, 0.25) is 0 Å². The van der Waals surface area contributed by atoms with E-state index >= 15 is 0 Å². The molecular weight excluding hydrogens is 357 g/mol. The number of hydrogen-bond donors (Lipinski definition) is 1. The molecule has 0 saturated heterocycles. The van der Waals surface area contributed by atoms with Crippen LogP contribution in [0.5, 0.6) is 0 Å². The van der Waals surface area contributed by atoms with Crippen LogP contribution in [0.1, 0.15) is 24.3 Å². The Labute approximate surface area is 154 Å². The third-order valence-electron chi connectivity index (χ3n) is 3.80. The Morgan fingerprint density at radius 1 is 1.23 bits per heavy atom. The lowest BCUT2D eigenvalue weighted by molar-refractivity contribution is 0.102. The lowest BCUT2D eigenvalue weighted by atomic mass is 10.1. The highest BCUT2D eigenvalue weighted by Gasteiger charge is 2.18. The first-order chi connectivity index (χ1) is 12.4. The summed E-state index contributed by atoms with van der Waals surface area (Å²) in [5, 5.41) is 7.81. The molecule has 7 heteroatoms. The molecule has 134 valence electrons. The summed E-state index contributed by atoms with van der Waals surface area (Å²) < 4.78 is 15.2. The maximum absolute atomic E-state index is 13.9. The maximum Gasteiger partial charge on any atom is 0.276 e. The monoisotopic (exact) mass is 373 g/mol. The number of hydrogen-bond acceptors (Lipinski definition) is 3. The van der Waals surface area contributed by atoms with Crippen LogP contribution in [0.15, 0.2) is 47.3 Å². The van der Waals surface area contributed by atoms with E-state index in [2.05, 4.69) is 10.4 Å². The van der Waals surface area contributed by atoms with E-state index in [9.17, 15) is 14.0 Å². The summed E-state index contributed by atoms with van der Waals surface area (Å²) in [4.78, 5) is 25.3. The average Bonchev–Trinajstić information content (AvgIpc) is 2.60. The molecule has 0 saturated carbocycles. The van der Waals surface area contributed by atoms with Crippen LogP contribution in [0.25, 0.3) is 10.8 Å². The Morgan fingerprint density at radius 3 is 2.62 bits per heavy atom. The van der Waals surface area contributed by atoms with Crippen molar-refractivity contribution in [3.05, 3.63) is 69.4 Å². The molecule has 0 atom stereocenters. The molecule has 0 spiro atoms. The molecule has 1 aromatic heterocycles. The first kappa shape index (κ1) is 18.1. The van der Waals surface area contributed by atoms with Crippen LogP contribution < -0.4 is 10.9 Å². The van der Waals surface area contributed by atoms with Crippen molar-refractivity contribution < 1.29 is 9.18 Å². The van der Waals surface area contributed by atoms with Crippen molar-refractivity contribution in [1.82, 2.24) is 9.78 Å². The Bertz CT molecular complexity index is 1050. The number of anilines is 1. The van der Waals surface area contributed by atoms with E-state index in [1.54, 1.807) is 24.3 Å². The van der Waals surface area contributed by atoms with E-state index in [-0.39, 0.29) is 22.9 Å². The Balaban J connectivity index is 2.11. The van der Waals surface area contributed by atoms with E-state index in [4.69, 9.17) is 11.6 Å². The molecule has 0 aliphatic carbocycles. The first-order valence-electron chi connectivity index (χ1n) is 8.13. The number of aromatic nitrogens is 2. The van der Waals surface area contributed by atoms with Gasteiger partial charge in [-0.3, -0.25) is 9.59 Å². The van der Waals surface area contributed by atoms with Gasteiger partial charge in [0, 0.05) is 17.0 Å². The van der Waals surface area contributed by atoms with Gasteiger partial charge in [-0.25, -0.2) is 9.07 Å². The zero-order valence-corrected chi connectivity index (χ0v) is 15.0. The molecule has 26 heavy (non-hydrogen) atoms. The van der Waals surface area contributed by atoms with Crippen LogP contribution in [0.3, 0.4) is 0 Å². The van der Waals surface area contributed by atoms with E-state index in [0.29, 0.717) is 22.3 Å². The van der Waals surface area contributed by atoms with Gasteiger partial charge in [0.15, 0.2) is 5.69 Å². The Hall–Kier alpha value is -2.73. The fraction of sp³-hybridized carbons (Fsp3) is 0.211. The number of halogens is 2. The highest BCUT2D eigenvalue weighted by atomic mass is 35.5. The third kappa shape index (κ3) is 3.60. The number of fused-ring (bicyclic) bond motifs is 1. The Morgan fingerprint density at radius 2 is 1.92 bits per heavy atom. The maximum atomic E-state index is 13.9. The second kappa shape index (κ2) is 7.25. The molecule has 1 heterocycles. The number of benzene rings is 2. The van der Waals surface area contributed by atoms with Crippen molar-refractivity contribution in [1.29, 1.82) is 0 Å². The van der Waals surface area contributed by atoms with Crippen LogP contribution in [-0.4, -0.2) is 15.7 Å². The molecule has 0 aliphatic rings. The number of nitrogens with zero attached hydrogens (tertiary/aromatic N) is 2. The lowest BCUT2D eigenvalue weighted by Crippen LogP contribution is -2.29. The minimum absolute atomic E-state index is 0.0463. The van der Waals surface area contributed by atoms with Gasteiger partial charge in [0.05, 0.1) is 11.1 Å². The number of carbonyl (C=O) groups excluding carboxylic acids is 1. The summed E-state index contributed by atoms with van der Waals surface area (Å²) in [6.45, 7) is 4.27. The largest absolute Gasteiger partial charge is 0.318 e. The molecule has 0 radical (unpaired) electrons. The van der Waals surface area contributed by atoms with Crippen LogP contribution in [0.2, 0.25) is 5.02 Å². The van der Waals surface area contributed by atoms with E-state index < -0.39 is 11.7 Å². The second-order valence-electron chi connectivity index (χ2n) is 6.35. The highest BCUT2D eigenvalue weighted by molar-refractivity contribution is 6.31. The zero-order valence-electron chi connectivity index (χ0n) is 14.3. The molecule has 0 bridgehead atoms. The fourth-order valence-electron chi connectivity index (χ4n) is 2.65. The topological polar surface area (TPSA) is 64.0 Å². The number of carbonyl (C=O) groups is 1. The molecule has 2 aromatic carbocycles. The van der Waals surface area contributed by atoms with E-state index in [1.165, 1.54) is 22.9 Å². The number of rotatable bonds is 4. The van der Waals surface area contributed by atoms with Gasteiger partial charge in [-0.05, 0) is 30.2 Å². The minimum Gasteiger partial charge on any atom is -0.318 e. The van der Waals surface area contributed by atoms with Crippen molar-refractivity contribution >= 4 is 34.0 Å². The molecule has 0 unspecified atom stereocenters.